The fourth-order valence-corrected chi connectivity index (χ4v) is 2.91. The Balaban J connectivity index is 2.82. The van der Waals surface area contributed by atoms with Gasteiger partial charge in [0.15, 0.2) is 0 Å². The number of hydrogen-bond acceptors (Lipinski definition) is 1. The van der Waals surface area contributed by atoms with E-state index in [4.69, 9.17) is 0 Å². The van der Waals surface area contributed by atoms with Crippen LogP contribution >= 0.6 is 0 Å². The summed E-state index contributed by atoms with van der Waals surface area (Å²) < 4.78 is 0. The van der Waals surface area contributed by atoms with Gasteiger partial charge in [0.1, 0.15) is 5.75 Å². The van der Waals surface area contributed by atoms with Crippen LogP contribution in [0.25, 0.3) is 11.1 Å². The molecule has 0 fully saturated rings. The monoisotopic (exact) mass is 282 g/mol. The van der Waals surface area contributed by atoms with E-state index in [0.29, 0.717) is 5.75 Å². The predicted octanol–water partition coefficient (Wildman–Crippen LogP) is 5.65. The molecule has 0 amide bonds. The molecular weight excluding hydrogens is 256 g/mol. The molecule has 0 aliphatic rings. The molecule has 1 nitrogen and oxygen atoms in total. The van der Waals surface area contributed by atoms with Crippen molar-refractivity contribution in [2.75, 3.05) is 0 Å². The first-order valence-corrected chi connectivity index (χ1v) is 7.54. The number of phenolic OH excluding ortho intramolecular Hbond substituents is 1. The summed E-state index contributed by atoms with van der Waals surface area (Å²) in [4.78, 5) is 0. The van der Waals surface area contributed by atoms with Gasteiger partial charge < -0.3 is 5.11 Å². The van der Waals surface area contributed by atoms with Gasteiger partial charge in [-0.25, -0.2) is 0 Å². The second-order valence-electron chi connectivity index (χ2n) is 7.75. The van der Waals surface area contributed by atoms with E-state index in [1.165, 1.54) is 11.1 Å². The molecule has 0 atom stereocenters. The largest absolute Gasteiger partial charge is 0.507 e. The summed E-state index contributed by atoms with van der Waals surface area (Å²) >= 11 is 0. The van der Waals surface area contributed by atoms with Crippen LogP contribution in [0.15, 0.2) is 42.5 Å². The molecule has 0 spiro atoms. The van der Waals surface area contributed by atoms with E-state index < -0.39 is 0 Å². The van der Waals surface area contributed by atoms with E-state index >= 15 is 0 Å². The van der Waals surface area contributed by atoms with Crippen LogP contribution in [-0.4, -0.2) is 5.11 Å². The third-order valence-corrected chi connectivity index (χ3v) is 3.82. The minimum Gasteiger partial charge on any atom is -0.507 e. The highest BCUT2D eigenvalue weighted by Crippen LogP contribution is 2.42. The highest BCUT2D eigenvalue weighted by atomic mass is 16.3. The summed E-state index contributed by atoms with van der Waals surface area (Å²) in [5.74, 6) is 0.342. The molecule has 0 unspecified atom stereocenters. The molecule has 0 radical (unpaired) electrons. The van der Waals surface area contributed by atoms with Gasteiger partial charge in [0.2, 0.25) is 0 Å². The van der Waals surface area contributed by atoms with Crippen molar-refractivity contribution in [2.45, 2.75) is 52.4 Å². The predicted molar refractivity (Wildman–Crippen MR) is 90.9 cm³/mol. The number of hydrogen-bond donors (Lipinski definition) is 1. The normalized spacial score (nSPS) is 12.5. The van der Waals surface area contributed by atoms with Crippen molar-refractivity contribution in [3.63, 3.8) is 0 Å². The molecular formula is C20H26O. The number of rotatable bonds is 1. The summed E-state index contributed by atoms with van der Waals surface area (Å²) in [5.41, 5.74) is 4.79. The Labute approximate surface area is 128 Å². The van der Waals surface area contributed by atoms with Crippen LogP contribution in [-0.2, 0) is 10.8 Å². The first kappa shape index (κ1) is 15.6. The maximum absolute atomic E-state index is 10.2. The Morgan fingerprint density at radius 3 is 1.76 bits per heavy atom. The standard InChI is InChI=1S/C20H26O/c1-19(2,3)16-12-9-11-15(18(16)20(4,5)6)14-10-7-8-13-17(14)21/h7-13,21H,1-6H3. The van der Waals surface area contributed by atoms with Crippen molar-refractivity contribution in [3.8, 4) is 16.9 Å². The Morgan fingerprint density at radius 2 is 1.24 bits per heavy atom. The van der Waals surface area contributed by atoms with Gasteiger partial charge in [-0.1, -0.05) is 77.9 Å². The van der Waals surface area contributed by atoms with Gasteiger partial charge >= 0.3 is 0 Å². The molecule has 2 aromatic carbocycles. The molecule has 0 saturated heterocycles. The molecule has 0 saturated carbocycles. The quantitative estimate of drug-likeness (QED) is 0.716. The Kier molecular flexibility index (Phi) is 3.88. The zero-order valence-electron chi connectivity index (χ0n) is 14.0. The highest BCUT2D eigenvalue weighted by Gasteiger charge is 2.28. The van der Waals surface area contributed by atoms with Gasteiger partial charge in [0.05, 0.1) is 0 Å². The van der Waals surface area contributed by atoms with Crippen LogP contribution in [0.3, 0.4) is 0 Å². The lowest BCUT2D eigenvalue weighted by molar-refractivity contribution is 0.476. The number of para-hydroxylation sites is 1. The maximum Gasteiger partial charge on any atom is 0.123 e. The molecule has 0 aliphatic heterocycles. The van der Waals surface area contributed by atoms with Crippen molar-refractivity contribution >= 4 is 0 Å². The lowest BCUT2D eigenvalue weighted by atomic mass is 9.72. The number of benzene rings is 2. The zero-order valence-corrected chi connectivity index (χ0v) is 14.0. The van der Waals surface area contributed by atoms with Gasteiger partial charge in [-0.3, -0.25) is 0 Å². The topological polar surface area (TPSA) is 20.2 Å². The van der Waals surface area contributed by atoms with E-state index in [9.17, 15) is 5.11 Å². The lowest BCUT2D eigenvalue weighted by Crippen LogP contribution is -2.23. The first-order chi connectivity index (χ1) is 9.62. The van der Waals surface area contributed by atoms with Crippen molar-refractivity contribution < 1.29 is 5.11 Å². The summed E-state index contributed by atoms with van der Waals surface area (Å²) in [6.07, 6.45) is 0. The molecule has 0 aliphatic carbocycles. The van der Waals surface area contributed by atoms with Crippen LogP contribution < -0.4 is 0 Å². The maximum atomic E-state index is 10.2. The number of phenols is 1. The van der Waals surface area contributed by atoms with Gasteiger partial charge in [0, 0.05) is 5.56 Å². The Hall–Kier alpha value is -1.76. The van der Waals surface area contributed by atoms with Crippen molar-refractivity contribution in [1.29, 1.82) is 0 Å². The third kappa shape index (κ3) is 3.12. The van der Waals surface area contributed by atoms with E-state index in [1.807, 2.05) is 18.2 Å². The Morgan fingerprint density at radius 1 is 0.667 bits per heavy atom. The summed E-state index contributed by atoms with van der Waals surface area (Å²) in [5, 5.41) is 10.2. The smallest absolute Gasteiger partial charge is 0.123 e. The van der Waals surface area contributed by atoms with Crippen LogP contribution in [0.1, 0.15) is 52.7 Å². The van der Waals surface area contributed by atoms with Gasteiger partial charge in [-0.05, 0) is 33.6 Å². The van der Waals surface area contributed by atoms with E-state index in [0.717, 1.165) is 11.1 Å². The average Bonchev–Trinajstić information content (AvgIpc) is 2.36. The van der Waals surface area contributed by atoms with Gasteiger partial charge in [-0.15, -0.1) is 0 Å². The highest BCUT2D eigenvalue weighted by molar-refractivity contribution is 5.75. The molecule has 0 heterocycles. The van der Waals surface area contributed by atoms with Gasteiger partial charge in [0.25, 0.3) is 0 Å². The molecule has 2 rings (SSSR count). The van der Waals surface area contributed by atoms with Crippen LogP contribution in [0.4, 0.5) is 0 Å². The molecule has 1 N–H and O–H groups in total. The number of aromatic hydroxyl groups is 1. The minimum absolute atomic E-state index is 0.0154. The van der Waals surface area contributed by atoms with Gasteiger partial charge in [-0.2, -0.15) is 0 Å². The molecule has 0 bridgehead atoms. The second-order valence-corrected chi connectivity index (χ2v) is 7.75. The first-order valence-electron chi connectivity index (χ1n) is 7.54. The molecule has 112 valence electrons. The molecule has 1 heteroatoms. The van der Waals surface area contributed by atoms with Crippen molar-refractivity contribution in [1.82, 2.24) is 0 Å². The third-order valence-electron chi connectivity index (χ3n) is 3.82. The fourth-order valence-electron chi connectivity index (χ4n) is 2.91. The molecule has 0 aromatic heterocycles. The minimum atomic E-state index is 0.0154. The summed E-state index contributed by atoms with van der Waals surface area (Å²) in [7, 11) is 0. The van der Waals surface area contributed by atoms with Crippen molar-refractivity contribution in [3.05, 3.63) is 53.6 Å². The van der Waals surface area contributed by atoms with E-state index in [1.54, 1.807) is 6.07 Å². The SMILES string of the molecule is CC(C)(C)c1cccc(-c2ccccc2O)c1C(C)(C)C. The average molecular weight is 282 g/mol. The summed E-state index contributed by atoms with van der Waals surface area (Å²) in [6.45, 7) is 13.4. The second kappa shape index (κ2) is 5.22. The molecule has 21 heavy (non-hydrogen) atoms. The van der Waals surface area contributed by atoms with Crippen LogP contribution in [0.5, 0.6) is 5.75 Å². The molecule has 2 aromatic rings. The van der Waals surface area contributed by atoms with Crippen molar-refractivity contribution in [2.24, 2.45) is 0 Å². The van der Waals surface area contributed by atoms with Crippen LogP contribution in [0, 0.1) is 0 Å². The zero-order chi connectivity index (χ0) is 15.8. The van der Waals surface area contributed by atoms with E-state index in [2.05, 4.69) is 59.7 Å². The fraction of sp³-hybridized carbons (Fsp3) is 0.400. The Bertz CT molecular complexity index is 640. The lowest BCUT2D eigenvalue weighted by Gasteiger charge is -2.32. The van der Waals surface area contributed by atoms with Crippen LogP contribution in [0.2, 0.25) is 0 Å². The van der Waals surface area contributed by atoms with E-state index in [-0.39, 0.29) is 10.8 Å². The summed E-state index contributed by atoms with van der Waals surface area (Å²) in [6, 6.07) is 14.0.